The van der Waals surface area contributed by atoms with Crippen LogP contribution in [0.4, 0.5) is 11.4 Å². The van der Waals surface area contributed by atoms with Crippen LogP contribution < -0.4 is 4.90 Å². The number of nitroso groups, excluding NO2 is 1. The molecule has 0 bridgehead atoms. The van der Waals surface area contributed by atoms with Crippen molar-refractivity contribution in [1.82, 2.24) is 0 Å². The van der Waals surface area contributed by atoms with Gasteiger partial charge in [-0.15, -0.1) is 4.91 Å². The summed E-state index contributed by atoms with van der Waals surface area (Å²) in [5.74, 6) is 0.469. The number of unbranched alkanes of at least 4 members (excludes halogenated alkanes) is 5. The highest BCUT2D eigenvalue weighted by molar-refractivity contribution is 5.66. The summed E-state index contributed by atoms with van der Waals surface area (Å²) in [7, 11) is 0. The SMILES string of the molecule is CCCCCCCCN1c2cc(C)c(N=O)cc2C(C)CC1(C)C. The molecule has 1 unspecified atom stereocenters. The third kappa shape index (κ3) is 4.17. The van der Waals surface area contributed by atoms with Crippen molar-refractivity contribution in [2.45, 2.75) is 91.0 Å². The Hall–Kier alpha value is -1.38. The van der Waals surface area contributed by atoms with Gasteiger partial charge in [-0.05, 0) is 68.0 Å². The number of hydrogen-bond acceptors (Lipinski definition) is 3. The van der Waals surface area contributed by atoms with Gasteiger partial charge in [0, 0.05) is 17.8 Å². The Balaban J connectivity index is 2.16. The summed E-state index contributed by atoms with van der Waals surface area (Å²) in [4.78, 5) is 13.6. The van der Waals surface area contributed by atoms with Crippen LogP contribution in [0.15, 0.2) is 17.3 Å². The van der Waals surface area contributed by atoms with E-state index in [1.165, 1.54) is 49.8 Å². The third-order valence-corrected chi connectivity index (χ3v) is 5.54. The van der Waals surface area contributed by atoms with Gasteiger partial charge >= 0.3 is 0 Å². The van der Waals surface area contributed by atoms with Gasteiger partial charge in [0.1, 0.15) is 5.69 Å². The molecule has 1 aromatic rings. The molecular formula is C21H34N2O. The number of anilines is 1. The van der Waals surface area contributed by atoms with Crippen molar-refractivity contribution in [2.24, 2.45) is 5.18 Å². The summed E-state index contributed by atoms with van der Waals surface area (Å²) in [5.41, 5.74) is 4.36. The van der Waals surface area contributed by atoms with E-state index in [4.69, 9.17) is 0 Å². The van der Waals surface area contributed by atoms with Crippen LogP contribution in [-0.2, 0) is 0 Å². The molecular weight excluding hydrogens is 296 g/mol. The minimum absolute atomic E-state index is 0.165. The molecule has 24 heavy (non-hydrogen) atoms. The van der Waals surface area contributed by atoms with Crippen LogP contribution in [0, 0.1) is 11.8 Å². The molecule has 3 heteroatoms. The summed E-state index contributed by atoms with van der Waals surface area (Å²) >= 11 is 0. The molecule has 0 aliphatic carbocycles. The first kappa shape index (κ1) is 19.0. The number of rotatable bonds is 8. The minimum atomic E-state index is 0.165. The monoisotopic (exact) mass is 330 g/mol. The normalized spacial score (nSPS) is 19.2. The van der Waals surface area contributed by atoms with E-state index < -0.39 is 0 Å². The number of hydrogen-bond donors (Lipinski definition) is 0. The number of aryl methyl sites for hydroxylation is 1. The van der Waals surface area contributed by atoms with Crippen molar-refractivity contribution in [3.63, 3.8) is 0 Å². The van der Waals surface area contributed by atoms with E-state index in [2.05, 4.69) is 43.8 Å². The van der Waals surface area contributed by atoms with Gasteiger partial charge in [-0.2, -0.15) is 0 Å². The first-order chi connectivity index (χ1) is 11.4. The zero-order valence-corrected chi connectivity index (χ0v) is 16.2. The van der Waals surface area contributed by atoms with Crippen molar-refractivity contribution in [2.75, 3.05) is 11.4 Å². The second kappa shape index (κ2) is 8.13. The van der Waals surface area contributed by atoms with Crippen molar-refractivity contribution < 1.29 is 0 Å². The molecule has 0 saturated heterocycles. The highest BCUT2D eigenvalue weighted by Crippen LogP contribution is 2.45. The Bertz CT molecular complexity index is 565. The maximum Gasteiger partial charge on any atom is 0.111 e. The molecule has 134 valence electrons. The summed E-state index contributed by atoms with van der Waals surface area (Å²) < 4.78 is 0. The van der Waals surface area contributed by atoms with E-state index in [1.54, 1.807) is 0 Å². The van der Waals surface area contributed by atoms with Crippen molar-refractivity contribution in [3.8, 4) is 0 Å². The molecule has 1 heterocycles. The molecule has 0 aromatic heterocycles. The van der Waals surface area contributed by atoms with Crippen LogP contribution in [-0.4, -0.2) is 12.1 Å². The molecule has 0 spiro atoms. The summed E-state index contributed by atoms with van der Waals surface area (Å²) in [5, 5.41) is 3.21. The standard InChI is InChI=1S/C21H34N2O/c1-6-7-8-9-10-11-12-23-20-13-16(2)19(22-24)14-18(20)17(3)15-21(23,4)5/h13-14,17H,6-12,15H2,1-5H3. The molecule has 1 atom stereocenters. The topological polar surface area (TPSA) is 32.7 Å². The van der Waals surface area contributed by atoms with Crippen LogP contribution in [0.2, 0.25) is 0 Å². The predicted octanol–water partition coefficient (Wildman–Crippen LogP) is 6.85. The quantitative estimate of drug-likeness (QED) is 0.386. The molecule has 3 nitrogen and oxygen atoms in total. The van der Waals surface area contributed by atoms with Crippen LogP contribution in [0.1, 0.15) is 89.7 Å². The molecule has 0 amide bonds. The largest absolute Gasteiger partial charge is 0.366 e. The highest BCUT2D eigenvalue weighted by atomic mass is 16.3. The smallest absolute Gasteiger partial charge is 0.111 e. The lowest BCUT2D eigenvalue weighted by Crippen LogP contribution is -2.48. The molecule has 1 aliphatic heterocycles. The lowest BCUT2D eigenvalue weighted by atomic mass is 9.79. The van der Waals surface area contributed by atoms with E-state index in [-0.39, 0.29) is 5.54 Å². The Kier molecular flexibility index (Phi) is 6.42. The molecule has 0 N–H and O–H groups in total. The fraction of sp³-hybridized carbons (Fsp3) is 0.714. The van der Waals surface area contributed by atoms with Crippen molar-refractivity contribution in [1.29, 1.82) is 0 Å². The minimum Gasteiger partial charge on any atom is -0.366 e. The predicted molar refractivity (Wildman–Crippen MR) is 104 cm³/mol. The fourth-order valence-electron chi connectivity index (χ4n) is 4.19. The molecule has 1 aliphatic rings. The fourth-order valence-corrected chi connectivity index (χ4v) is 4.19. The molecule has 0 radical (unpaired) electrons. The van der Waals surface area contributed by atoms with Gasteiger partial charge in [0.15, 0.2) is 0 Å². The van der Waals surface area contributed by atoms with E-state index >= 15 is 0 Å². The van der Waals surface area contributed by atoms with Crippen molar-refractivity contribution in [3.05, 3.63) is 28.2 Å². The Morgan fingerprint density at radius 1 is 1.17 bits per heavy atom. The van der Waals surface area contributed by atoms with Crippen LogP contribution in [0.25, 0.3) is 0 Å². The van der Waals surface area contributed by atoms with E-state index in [1.807, 2.05) is 13.0 Å². The van der Waals surface area contributed by atoms with Crippen molar-refractivity contribution >= 4 is 11.4 Å². The van der Waals surface area contributed by atoms with Crippen LogP contribution >= 0.6 is 0 Å². The van der Waals surface area contributed by atoms with Gasteiger partial charge in [0.25, 0.3) is 0 Å². The molecule has 2 rings (SSSR count). The number of nitrogens with zero attached hydrogens (tertiary/aromatic N) is 2. The van der Waals surface area contributed by atoms with Gasteiger partial charge in [-0.1, -0.05) is 46.0 Å². The highest BCUT2D eigenvalue weighted by Gasteiger charge is 2.36. The average molecular weight is 331 g/mol. The molecule has 0 saturated carbocycles. The maximum absolute atomic E-state index is 11.1. The first-order valence-corrected chi connectivity index (χ1v) is 9.66. The van der Waals surface area contributed by atoms with Gasteiger partial charge in [0.05, 0.1) is 0 Å². The average Bonchev–Trinajstić information content (AvgIpc) is 2.52. The Morgan fingerprint density at radius 3 is 2.50 bits per heavy atom. The zero-order chi connectivity index (χ0) is 17.7. The van der Waals surface area contributed by atoms with E-state index in [0.717, 1.165) is 18.5 Å². The van der Waals surface area contributed by atoms with Crippen LogP contribution in [0.3, 0.4) is 0 Å². The second-order valence-electron chi connectivity index (χ2n) is 8.13. The van der Waals surface area contributed by atoms with Gasteiger partial charge in [-0.25, -0.2) is 0 Å². The Labute approximate surface area is 147 Å². The van der Waals surface area contributed by atoms with Crippen LogP contribution in [0.5, 0.6) is 0 Å². The maximum atomic E-state index is 11.1. The van der Waals surface area contributed by atoms with E-state index in [0.29, 0.717) is 11.6 Å². The van der Waals surface area contributed by atoms with Gasteiger partial charge < -0.3 is 4.90 Å². The lowest BCUT2D eigenvalue weighted by molar-refractivity contribution is 0.372. The summed E-state index contributed by atoms with van der Waals surface area (Å²) in [6.45, 7) is 12.3. The van der Waals surface area contributed by atoms with E-state index in [9.17, 15) is 4.91 Å². The third-order valence-electron chi connectivity index (χ3n) is 5.54. The summed E-state index contributed by atoms with van der Waals surface area (Å²) in [6, 6.07) is 4.20. The lowest BCUT2D eigenvalue weighted by Gasteiger charge is -2.48. The molecule has 0 fully saturated rings. The molecule has 1 aromatic carbocycles. The Morgan fingerprint density at radius 2 is 1.83 bits per heavy atom. The first-order valence-electron chi connectivity index (χ1n) is 9.66. The summed E-state index contributed by atoms with van der Waals surface area (Å²) in [6.07, 6.45) is 9.04. The number of benzene rings is 1. The number of fused-ring (bicyclic) bond motifs is 1. The van der Waals surface area contributed by atoms with Gasteiger partial charge in [-0.3, -0.25) is 0 Å². The second-order valence-corrected chi connectivity index (χ2v) is 8.13. The zero-order valence-electron chi connectivity index (χ0n) is 16.2. The van der Waals surface area contributed by atoms with Gasteiger partial charge in [0.2, 0.25) is 0 Å².